The van der Waals surface area contributed by atoms with Gasteiger partial charge in [-0.25, -0.2) is 0 Å². The number of ketones is 1. The van der Waals surface area contributed by atoms with Gasteiger partial charge in [0.1, 0.15) is 17.7 Å². The molecule has 1 fully saturated rings. The summed E-state index contributed by atoms with van der Waals surface area (Å²) in [6.07, 6.45) is 0.624. The third-order valence-corrected chi connectivity index (χ3v) is 6.63. The van der Waals surface area contributed by atoms with Gasteiger partial charge in [0.25, 0.3) is 5.91 Å². The Hall–Kier alpha value is -3.52. The van der Waals surface area contributed by atoms with Crippen molar-refractivity contribution in [2.45, 2.75) is 71.2 Å². The number of nitrogens with one attached hydrogen (secondary N) is 3. The quantitative estimate of drug-likeness (QED) is 0.350. The second-order valence-corrected chi connectivity index (χ2v) is 10.9. The van der Waals surface area contributed by atoms with Gasteiger partial charge in [0.2, 0.25) is 11.8 Å². The lowest BCUT2D eigenvalue weighted by Gasteiger charge is -2.28. The molecule has 3 N–H and O–H groups in total. The first-order valence-corrected chi connectivity index (χ1v) is 13.2. The number of amides is 3. The minimum absolute atomic E-state index is 0.116. The zero-order chi connectivity index (χ0) is 27.9. The zero-order valence-corrected chi connectivity index (χ0v) is 22.8. The van der Waals surface area contributed by atoms with Crippen molar-refractivity contribution in [1.82, 2.24) is 16.0 Å². The number of benzene rings is 2. The first-order valence-electron chi connectivity index (χ1n) is 13.2. The molecule has 2 unspecified atom stereocenters. The third kappa shape index (κ3) is 7.99. The maximum atomic E-state index is 13.5. The predicted octanol–water partition coefficient (Wildman–Crippen LogP) is 3.06. The van der Waals surface area contributed by atoms with E-state index in [0.717, 1.165) is 5.56 Å². The Balaban J connectivity index is 1.80. The van der Waals surface area contributed by atoms with E-state index in [1.54, 1.807) is 31.2 Å². The molecule has 0 aromatic heterocycles. The molecule has 1 saturated heterocycles. The summed E-state index contributed by atoms with van der Waals surface area (Å²) in [5.74, 6) is -1.51. The van der Waals surface area contributed by atoms with Gasteiger partial charge < -0.3 is 20.7 Å². The topological polar surface area (TPSA) is 117 Å². The summed E-state index contributed by atoms with van der Waals surface area (Å²) in [4.78, 5) is 52.9. The lowest BCUT2D eigenvalue weighted by Crippen LogP contribution is -2.58. The first kappa shape index (κ1) is 29.0. The lowest BCUT2D eigenvalue weighted by atomic mass is 9.91. The molecular formula is C30H39N3O5. The molecule has 2 aromatic rings. The fraction of sp³-hybridized carbons (Fsp3) is 0.467. The van der Waals surface area contributed by atoms with Crippen LogP contribution in [0.1, 0.15) is 57.0 Å². The van der Waals surface area contributed by atoms with Crippen molar-refractivity contribution in [3.63, 3.8) is 0 Å². The van der Waals surface area contributed by atoms with E-state index in [9.17, 15) is 19.2 Å². The normalized spacial score (nSPS) is 18.8. The smallest absolute Gasteiger partial charge is 0.251 e. The highest BCUT2D eigenvalue weighted by molar-refractivity contribution is 6.00. The zero-order valence-electron chi connectivity index (χ0n) is 22.8. The summed E-state index contributed by atoms with van der Waals surface area (Å²) in [6, 6.07) is 15.5. The minimum atomic E-state index is -0.949. The molecule has 204 valence electrons. The molecule has 2 aromatic carbocycles. The van der Waals surface area contributed by atoms with Gasteiger partial charge in [0, 0.05) is 12.0 Å². The van der Waals surface area contributed by atoms with Crippen LogP contribution in [0.5, 0.6) is 0 Å². The summed E-state index contributed by atoms with van der Waals surface area (Å²) in [7, 11) is 0. The van der Waals surface area contributed by atoms with Crippen molar-refractivity contribution < 1.29 is 23.9 Å². The van der Waals surface area contributed by atoms with Crippen LogP contribution >= 0.6 is 0 Å². The third-order valence-electron chi connectivity index (χ3n) is 6.63. The number of hydrogen-bond acceptors (Lipinski definition) is 5. The summed E-state index contributed by atoms with van der Waals surface area (Å²) in [5.41, 5.74) is 0.415. The van der Waals surface area contributed by atoms with Gasteiger partial charge in [0.15, 0.2) is 5.78 Å². The van der Waals surface area contributed by atoms with Gasteiger partial charge in [-0.1, -0.05) is 76.2 Å². The maximum Gasteiger partial charge on any atom is 0.251 e. The van der Waals surface area contributed by atoms with Gasteiger partial charge >= 0.3 is 0 Å². The number of hydrogen-bond donors (Lipinski definition) is 3. The van der Waals surface area contributed by atoms with E-state index in [0.29, 0.717) is 18.6 Å². The molecule has 38 heavy (non-hydrogen) atoms. The Morgan fingerprint density at radius 2 is 1.37 bits per heavy atom. The Labute approximate surface area is 224 Å². The van der Waals surface area contributed by atoms with Crippen LogP contribution in [-0.4, -0.2) is 53.8 Å². The molecule has 0 radical (unpaired) electrons. The average Bonchev–Trinajstić information content (AvgIpc) is 3.65. The average molecular weight is 522 g/mol. The number of carbonyl (C=O) groups excluding carboxylic acids is 4. The van der Waals surface area contributed by atoms with E-state index in [4.69, 9.17) is 4.74 Å². The van der Waals surface area contributed by atoms with E-state index in [1.807, 2.05) is 64.1 Å². The molecule has 3 rings (SSSR count). The summed E-state index contributed by atoms with van der Waals surface area (Å²) >= 11 is 0. The molecule has 1 aliphatic rings. The molecule has 8 heteroatoms. The summed E-state index contributed by atoms with van der Waals surface area (Å²) in [5, 5.41) is 8.55. The molecule has 0 bridgehead atoms. The molecule has 1 aliphatic heterocycles. The second kappa shape index (κ2) is 12.8. The van der Waals surface area contributed by atoms with E-state index in [2.05, 4.69) is 16.0 Å². The Morgan fingerprint density at radius 1 is 0.816 bits per heavy atom. The lowest BCUT2D eigenvalue weighted by molar-refractivity contribution is -0.134. The minimum Gasteiger partial charge on any atom is -0.361 e. The van der Waals surface area contributed by atoms with Crippen LogP contribution in [0.15, 0.2) is 60.7 Å². The number of ether oxygens (including phenoxy) is 1. The number of Topliss-reactive ketones (excluding diaryl/α,β-unsaturated/α-hetero) is 1. The van der Waals surface area contributed by atoms with Crippen LogP contribution in [0.25, 0.3) is 0 Å². The fourth-order valence-corrected chi connectivity index (χ4v) is 4.23. The molecule has 1 heterocycles. The highest BCUT2D eigenvalue weighted by Crippen LogP contribution is 2.30. The second-order valence-electron chi connectivity index (χ2n) is 10.9. The first-order chi connectivity index (χ1) is 18.0. The van der Waals surface area contributed by atoms with Crippen LogP contribution in [-0.2, 0) is 25.5 Å². The Kier molecular flexibility index (Phi) is 9.80. The standard InChI is InChI=1S/C30H39N3O5/c1-19(2)16-23(31-27(35)22-14-10-7-11-15-22)28(36)32-24(17-21-12-8-6-9-13-21)29(37)33-25(20(3)4)26(34)30(5)18-38-30/h6-15,19-20,23-25H,16-18H2,1-5H3,(H,31,35)(H,32,36)(H,33,37)/t23?,24-,25?,30+/m0/s1. The van der Waals surface area contributed by atoms with Crippen LogP contribution in [0.4, 0.5) is 0 Å². The van der Waals surface area contributed by atoms with E-state index >= 15 is 0 Å². The number of rotatable bonds is 13. The van der Waals surface area contributed by atoms with Crippen molar-refractivity contribution in [1.29, 1.82) is 0 Å². The monoisotopic (exact) mass is 521 g/mol. The maximum absolute atomic E-state index is 13.5. The van der Waals surface area contributed by atoms with Gasteiger partial charge in [-0.3, -0.25) is 19.2 Å². The van der Waals surface area contributed by atoms with Crippen molar-refractivity contribution >= 4 is 23.5 Å². The summed E-state index contributed by atoms with van der Waals surface area (Å²) in [6.45, 7) is 9.68. The predicted molar refractivity (Wildman–Crippen MR) is 145 cm³/mol. The van der Waals surface area contributed by atoms with Gasteiger partial charge in [-0.2, -0.15) is 0 Å². The highest BCUT2D eigenvalue weighted by atomic mass is 16.6. The van der Waals surface area contributed by atoms with Crippen LogP contribution < -0.4 is 16.0 Å². The van der Waals surface area contributed by atoms with E-state index < -0.39 is 35.5 Å². The van der Waals surface area contributed by atoms with Crippen LogP contribution in [0.3, 0.4) is 0 Å². The largest absolute Gasteiger partial charge is 0.361 e. The molecule has 8 nitrogen and oxygen atoms in total. The molecule has 4 atom stereocenters. The van der Waals surface area contributed by atoms with E-state index in [1.165, 1.54) is 0 Å². The molecule has 0 spiro atoms. The van der Waals surface area contributed by atoms with Gasteiger partial charge in [-0.05, 0) is 42.9 Å². The molecule has 3 amide bonds. The number of epoxide rings is 1. The van der Waals surface area contributed by atoms with Gasteiger partial charge in [-0.15, -0.1) is 0 Å². The Morgan fingerprint density at radius 3 is 1.89 bits per heavy atom. The summed E-state index contributed by atoms with van der Waals surface area (Å²) < 4.78 is 5.32. The van der Waals surface area contributed by atoms with Crippen molar-refractivity contribution in [2.24, 2.45) is 11.8 Å². The van der Waals surface area contributed by atoms with Crippen LogP contribution in [0.2, 0.25) is 0 Å². The number of carbonyl (C=O) groups is 4. The fourth-order valence-electron chi connectivity index (χ4n) is 4.23. The van der Waals surface area contributed by atoms with E-state index in [-0.39, 0.29) is 29.9 Å². The van der Waals surface area contributed by atoms with Gasteiger partial charge in [0.05, 0.1) is 12.6 Å². The molecule has 0 saturated carbocycles. The van der Waals surface area contributed by atoms with Crippen molar-refractivity contribution in [3.8, 4) is 0 Å². The van der Waals surface area contributed by atoms with Crippen molar-refractivity contribution in [2.75, 3.05) is 6.61 Å². The molecule has 0 aliphatic carbocycles. The SMILES string of the molecule is CC(C)CC(NC(=O)c1ccccc1)C(=O)N[C@@H](Cc1ccccc1)C(=O)NC(C(=O)[C@@]1(C)CO1)C(C)C. The van der Waals surface area contributed by atoms with Crippen LogP contribution in [0, 0.1) is 11.8 Å². The highest BCUT2D eigenvalue weighted by Gasteiger charge is 2.50. The Bertz CT molecular complexity index is 1110. The molecular weight excluding hydrogens is 482 g/mol. The van der Waals surface area contributed by atoms with Crippen molar-refractivity contribution in [3.05, 3.63) is 71.8 Å².